The molecule has 5 nitrogen and oxygen atoms in total. The molecule has 1 saturated heterocycles. The molecule has 0 spiro atoms. The van der Waals surface area contributed by atoms with Gasteiger partial charge < -0.3 is 19.4 Å². The lowest BCUT2D eigenvalue weighted by atomic mass is 10.2. The second kappa shape index (κ2) is 11.4. The van der Waals surface area contributed by atoms with Gasteiger partial charge in [0.1, 0.15) is 0 Å². The van der Waals surface area contributed by atoms with E-state index >= 15 is 0 Å². The Bertz CT molecular complexity index is 299. The molecule has 0 radical (unpaired) electrons. The van der Waals surface area contributed by atoms with E-state index in [2.05, 4.69) is 61.1 Å². The van der Waals surface area contributed by atoms with Gasteiger partial charge in [0.05, 0.1) is 12.3 Å². The van der Waals surface area contributed by atoms with Crippen molar-refractivity contribution in [2.75, 3.05) is 78.7 Å². The molecular weight excluding hydrogens is 300 g/mol. The van der Waals surface area contributed by atoms with Crippen LogP contribution in [0.25, 0.3) is 0 Å². The van der Waals surface area contributed by atoms with Crippen LogP contribution in [0.5, 0.6) is 0 Å². The van der Waals surface area contributed by atoms with Crippen LogP contribution >= 0.6 is 0 Å². The van der Waals surface area contributed by atoms with E-state index in [9.17, 15) is 0 Å². The molecular formula is C19H42N4O. The minimum atomic E-state index is -0.0692. The number of likely N-dealkylation sites (N-methyl/N-ethyl adjacent to an activating group) is 3. The van der Waals surface area contributed by atoms with Gasteiger partial charge in [0.2, 0.25) is 0 Å². The summed E-state index contributed by atoms with van der Waals surface area (Å²) in [4.78, 5) is 10.2. The largest absolute Gasteiger partial charge is 0.360 e. The number of nitrogens with zero attached hydrogens (tertiary/aromatic N) is 4. The van der Waals surface area contributed by atoms with Crippen LogP contribution in [0.4, 0.5) is 0 Å². The average molecular weight is 343 g/mol. The van der Waals surface area contributed by atoms with Crippen molar-refractivity contribution in [3.8, 4) is 0 Å². The minimum Gasteiger partial charge on any atom is -0.360 e. The summed E-state index contributed by atoms with van der Waals surface area (Å²) in [5.41, 5.74) is -0.0692. The average Bonchev–Trinajstić information content (AvgIpc) is 2.54. The summed E-state index contributed by atoms with van der Waals surface area (Å²) >= 11 is 0. The third-order valence-corrected chi connectivity index (χ3v) is 4.95. The van der Waals surface area contributed by atoms with Crippen molar-refractivity contribution in [1.29, 1.82) is 0 Å². The van der Waals surface area contributed by atoms with Crippen molar-refractivity contribution in [2.45, 2.75) is 47.1 Å². The van der Waals surface area contributed by atoms with Crippen LogP contribution in [0.15, 0.2) is 0 Å². The van der Waals surface area contributed by atoms with E-state index in [4.69, 9.17) is 4.74 Å². The highest BCUT2D eigenvalue weighted by Gasteiger charge is 2.17. The summed E-state index contributed by atoms with van der Waals surface area (Å²) in [6.07, 6.45) is 0. The van der Waals surface area contributed by atoms with E-state index in [1.54, 1.807) is 0 Å². The Labute approximate surface area is 150 Å². The molecule has 5 heteroatoms. The maximum Gasteiger partial charge on any atom is 0.0998 e. The third kappa shape index (κ3) is 9.33. The summed E-state index contributed by atoms with van der Waals surface area (Å²) in [5.74, 6) is 0. The van der Waals surface area contributed by atoms with Gasteiger partial charge in [0.25, 0.3) is 0 Å². The lowest BCUT2D eigenvalue weighted by Crippen LogP contribution is -2.46. The molecule has 144 valence electrons. The number of ether oxygens (including phenoxy) is 1. The first kappa shape index (κ1) is 21.8. The minimum absolute atomic E-state index is 0.0692. The van der Waals surface area contributed by atoms with Gasteiger partial charge in [-0.1, -0.05) is 20.8 Å². The quantitative estimate of drug-likeness (QED) is 0.760. The number of rotatable bonds is 5. The first-order valence-corrected chi connectivity index (χ1v) is 9.91. The molecule has 0 bridgehead atoms. The standard InChI is InChI=1S/C19H42N4O/c1-7-20-10-12-21(8-2)14-16-23(18-24-19(4,5)6)17-15-22(9-3)13-11-20/h7-18H2,1-6H3. The Balaban J connectivity index is 2.65. The molecule has 0 unspecified atom stereocenters. The molecule has 0 N–H and O–H groups in total. The second-order valence-electron chi connectivity index (χ2n) is 7.81. The van der Waals surface area contributed by atoms with Crippen molar-refractivity contribution < 1.29 is 4.74 Å². The highest BCUT2D eigenvalue weighted by molar-refractivity contribution is 4.70. The van der Waals surface area contributed by atoms with Crippen molar-refractivity contribution in [2.24, 2.45) is 0 Å². The maximum atomic E-state index is 6.05. The SMILES string of the molecule is CCN1CCN(CC)CCN(COC(C)(C)C)CCN(CC)CC1. The molecule has 0 atom stereocenters. The van der Waals surface area contributed by atoms with Gasteiger partial charge in [0.15, 0.2) is 0 Å². The topological polar surface area (TPSA) is 22.2 Å². The van der Waals surface area contributed by atoms with Crippen molar-refractivity contribution >= 4 is 0 Å². The van der Waals surface area contributed by atoms with Crippen LogP contribution in [0.3, 0.4) is 0 Å². The van der Waals surface area contributed by atoms with Crippen LogP contribution in [-0.4, -0.2) is 104 Å². The molecule has 1 heterocycles. The van der Waals surface area contributed by atoms with Gasteiger partial charge in [-0.2, -0.15) is 0 Å². The lowest BCUT2D eigenvalue weighted by molar-refractivity contribution is -0.0669. The molecule has 1 rings (SSSR count). The zero-order valence-electron chi connectivity index (χ0n) is 17.2. The van der Waals surface area contributed by atoms with Crippen LogP contribution in [-0.2, 0) is 4.74 Å². The van der Waals surface area contributed by atoms with Crippen molar-refractivity contribution in [3.05, 3.63) is 0 Å². The summed E-state index contributed by atoms with van der Waals surface area (Å²) < 4.78 is 6.05. The molecule has 0 amide bonds. The van der Waals surface area contributed by atoms with E-state index in [1.165, 1.54) is 26.2 Å². The summed E-state index contributed by atoms with van der Waals surface area (Å²) in [6.45, 7) is 26.5. The highest BCUT2D eigenvalue weighted by atomic mass is 16.5. The molecule has 0 aromatic heterocycles. The summed E-state index contributed by atoms with van der Waals surface area (Å²) in [7, 11) is 0. The molecule has 1 fully saturated rings. The van der Waals surface area contributed by atoms with Gasteiger partial charge in [-0.25, -0.2) is 0 Å². The van der Waals surface area contributed by atoms with Gasteiger partial charge in [0, 0.05) is 52.4 Å². The molecule has 1 aliphatic rings. The Morgan fingerprint density at radius 1 is 0.583 bits per heavy atom. The fourth-order valence-electron chi connectivity index (χ4n) is 2.94. The van der Waals surface area contributed by atoms with E-state index in [-0.39, 0.29) is 5.60 Å². The van der Waals surface area contributed by atoms with Gasteiger partial charge >= 0.3 is 0 Å². The van der Waals surface area contributed by atoms with Gasteiger partial charge in [-0.3, -0.25) is 4.90 Å². The van der Waals surface area contributed by atoms with Crippen LogP contribution < -0.4 is 0 Å². The van der Waals surface area contributed by atoms with Crippen molar-refractivity contribution in [3.63, 3.8) is 0 Å². The van der Waals surface area contributed by atoms with Gasteiger partial charge in [-0.05, 0) is 40.4 Å². The molecule has 0 aromatic carbocycles. The molecule has 0 saturated carbocycles. The fraction of sp³-hybridized carbons (Fsp3) is 1.00. The predicted molar refractivity (Wildman–Crippen MR) is 104 cm³/mol. The zero-order valence-corrected chi connectivity index (χ0v) is 17.2. The Kier molecular flexibility index (Phi) is 10.4. The number of hydrogen-bond acceptors (Lipinski definition) is 5. The van der Waals surface area contributed by atoms with Crippen molar-refractivity contribution in [1.82, 2.24) is 19.6 Å². The zero-order chi connectivity index (χ0) is 18.0. The predicted octanol–water partition coefficient (Wildman–Crippen LogP) is 2.04. The maximum absolute atomic E-state index is 6.05. The van der Waals surface area contributed by atoms with E-state index in [1.807, 2.05) is 0 Å². The fourth-order valence-corrected chi connectivity index (χ4v) is 2.94. The third-order valence-electron chi connectivity index (χ3n) is 4.95. The van der Waals surface area contributed by atoms with E-state index < -0.39 is 0 Å². The molecule has 1 aliphatic heterocycles. The summed E-state index contributed by atoms with van der Waals surface area (Å²) in [5, 5.41) is 0. The first-order valence-electron chi connectivity index (χ1n) is 9.91. The summed E-state index contributed by atoms with van der Waals surface area (Å²) in [6, 6.07) is 0. The van der Waals surface area contributed by atoms with Crippen LogP contribution in [0.2, 0.25) is 0 Å². The van der Waals surface area contributed by atoms with Crippen LogP contribution in [0.1, 0.15) is 41.5 Å². The Morgan fingerprint density at radius 3 is 1.12 bits per heavy atom. The lowest BCUT2D eigenvalue weighted by Gasteiger charge is -2.34. The van der Waals surface area contributed by atoms with Gasteiger partial charge in [-0.15, -0.1) is 0 Å². The smallest absolute Gasteiger partial charge is 0.0998 e. The molecule has 24 heavy (non-hydrogen) atoms. The second-order valence-corrected chi connectivity index (χ2v) is 7.81. The van der Waals surface area contributed by atoms with E-state index in [0.29, 0.717) is 0 Å². The first-order chi connectivity index (χ1) is 11.4. The normalized spacial score (nSPS) is 22.2. The monoisotopic (exact) mass is 342 g/mol. The molecule has 0 aromatic rings. The molecule has 0 aliphatic carbocycles. The van der Waals surface area contributed by atoms with E-state index in [0.717, 1.165) is 52.5 Å². The Morgan fingerprint density at radius 2 is 0.875 bits per heavy atom. The number of hydrogen-bond donors (Lipinski definition) is 0. The van der Waals surface area contributed by atoms with Crippen LogP contribution in [0, 0.1) is 0 Å². The highest BCUT2D eigenvalue weighted by Crippen LogP contribution is 2.08. The Hall–Kier alpha value is -0.200.